The van der Waals surface area contributed by atoms with E-state index in [9.17, 15) is 9.90 Å². The first kappa shape index (κ1) is 14.6. The summed E-state index contributed by atoms with van der Waals surface area (Å²) in [6, 6.07) is 6.63. The molecule has 0 bridgehead atoms. The van der Waals surface area contributed by atoms with Crippen LogP contribution >= 0.6 is 0 Å². The Morgan fingerprint density at radius 3 is 2.80 bits per heavy atom. The molecule has 6 nitrogen and oxygen atoms in total. The second-order valence-electron chi connectivity index (χ2n) is 4.78. The highest BCUT2D eigenvalue weighted by molar-refractivity contribution is 5.73. The van der Waals surface area contributed by atoms with E-state index < -0.39 is 0 Å². The summed E-state index contributed by atoms with van der Waals surface area (Å²) in [4.78, 5) is 13.5. The van der Waals surface area contributed by atoms with E-state index in [2.05, 4.69) is 5.32 Å². The third-order valence-electron chi connectivity index (χ3n) is 3.07. The molecule has 2 N–H and O–H groups in total. The first-order valence-corrected chi connectivity index (χ1v) is 6.61. The highest BCUT2D eigenvalue weighted by Gasteiger charge is 2.16. The first-order valence-electron chi connectivity index (χ1n) is 6.61. The van der Waals surface area contributed by atoms with Gasteiger partial charge in [0.2, 0.25) is 0 Å². The molecule has 1 aromatic carbocycles. The molecule has 1 fully saturated rings. The summed E-state index contributed by atoms with van der Waals surface area (Å²) in [5.41, 5.74) is 0.956. The van der Waals surface area contributed by atoms with E-state index >= 15 is 0 Å². The topological polar surface area (TPSA) is 71.0 Å². The van der Waals surface area contributed by atoms with Crippen LogP contribution in [0.25, 0.3) is 0 Å². The summed E-state index contributed by atoms with van der Waals surface area (Å²) in [7, 11) is 1.72. The number of rotatable bonds is 4. The highest BCUT2D eigenvalue weighted by Crippen LogP contribution is 2.11. The number of urea groups is 1. The van der Waals surface area contributed by atoms with Crippen molar-refractivity contribution in [2.75, 3.05) is 33.4 Å². The summed E-state index contributed by atoms with van der Waals surface area (Å²) in [6.45, 7) is 2.63. The van der Waals surface area contributed by atoms with Crippen molar-refractivity contribution in [2.45, 2.75) is 12.6 Å². The van der Waals surface area contributed by atoms with Gasteiger partial charge in [0.05, 0.1) is 25.9 Å². The zero-order valence-corrected chi connectivity index (χ0v) is 11.5. The van der Waals surface area contributed by atoms with Gasteiger partial charge in [-0.15, -0.1) is 0 Å². The van der Waals surface area contributed by atoms with Crippen LogP contribution in [0.4, 0.5) is 4.79 Å². The van der Waals surface area contributed by atoms with Crippen LogP contribution in [-0.2, 0) is 16.0 Å². The SMILES string of the molecule is CN(Cc1ccc(O)cc1)C(=O)NCC1COCCO1. The molecule has 2 amide bonds. The molecule has 1 aromatic rings. The molecule has 1 unspecified atom stereocenters. The summed E-state index contributed by atoms with van der Waals surface area (Å²) in [6.07, 6.45) is -0.0743. The summed E-state index contributed by atoms with van der Waals surface area (Å²) in [5, 5.41) is 12.0. The van der Waals surface area contributed by atoms with Crippen molar-refractivity contribution in [3.63, 3.8) is 0 Å². The van der Waals surface area contributed by atoms with Crippen LogP contribution in [0.2, 0.25) is 0 Å². The Balaban J connectivity index is 1.75. The number of phenols is 1. The lowest BCUT2D eigenvalue weighted by Crippen LogP contribution is -2.44. The van der Waals surface area contributed by atoms with E-state index in [4.69, 9.17) is 9.47 Å². The minimum absolute atomic E-state index is 0.0743. The lowest BCUT2D eigenvalue weighted by molar-refractivity contribution is -0.0855. The van der Waals surface area contributed by atoms with Crippen LogP contribution in [-0.4, -0.2) is 55.6 Å². The molecule has 1 aliphatic rings. The molecular weight excluding hydrogens is 260 g/mol. The van der Waals surface area contributed by atoms with E-state index in [1.165, 1.54) is 0 Å². The van der Waals surface area contributed by atoms with E-state index in [-0.39, 0.29) is 17.9 Å². The monoisotopic (exact) mass is 280 g/mol. The zero-order valence-electron chi connectivity index (χ0n) is 11.5. The maximum Gasteiger partial charge on any atom is 0.317 e. The van der Waals surface area contributed by atoms with E-state index in [1.807, 2.05) is 0 Å². The summed E-state index contributed by atoms with van der Waals surface area (Å²) < 4.78 is 10.7. The molecule has 1 atom stereocenters. The standard InChI is InChI=1S/C14H20N2O4/c1-16(9-11-2-4-12(17)5-3-11)14(18)15-8-13-10-19-6-7-20-13/h2-5,13,17H,6-10H2,1H3,(H,15,18). The van der Waals surface area contributed by atoms with Gasteiger partial charge in [0.15, 0.2) is 0 Å². The molecule has 1 aliphatic heterocycles. The van der Waals surface area contributed by atoms with Gasteiger partial charge in [-0.25, -0.2) is 4.79 Å². The fourth-order valence-electron chi connectivity index (χ4n) is 1.94. The predicted molar refractivity (Wildman–Crippen MR) is 73.5 cm³/mol. The highest BCUT2D eigenvalue weighted by atomic mass is 16.6. The summed E-state index contributed by atoms with van der Waals surface area (Å²) >= 11 is 0. The maximum absolute atomic E-state index is 11.9. The lowest BCUT2D eigenvalue weighted by atomic mass is 10.2. The molecule has 0 spiro atoms. The number of nitrogens with one attached hydrogen (secondary N) is 1. The van der Waals surface area contributed by atoms with Crippen molar-refractivity contribution in [1.82, 2.24) is 10.2 Å². The Morgan fingerprint density at radius 1 is 1.40 bits per heavy atom. The Kier molecular flexibility index (Phi) is 5.20. The normalized spacial score (nSPS) is 18.6. The van der Waals surface area contributed by atoms with Gasteiger partial charge in [-0.1, -0.05) is 12.1 Å². The smallest absolute Gasteiger partial charge is 0.317 e. The van der Waals surface area contributed by atoms with Crippen LogP contribution < -0.4 is 5.32 Å². The van der Waals surface area contributed by atoms with Gasteiger partial charge in [-0.05, 0) is 17.7 Å². The van der Waals surface area contributed by atoms with E-state index in [0.717, 1.165) is 5.56 Å². The number of phenolic OH excluding ortho intramolecular Hbond substituents is 1. The van der Waals surface area contributed by atoms with Gasteiger partial charge in [0.1, 0.15) is 5.75 Å². The maximum atomic E-state index is 11.9. The van der Waals surface area contributed by atoms with Gasteiger partial charge >= 0.3 is 6.03 Å². The van der Waals surface area contributed by atoms with Gasteiger partial charge in [0, 0.05) is 20.1 Å². The number of carbonyl (C=O) groups is 1. The average Bonchev–Trinajstić information content (AvgIpc) is 2.48. The Morgan fingerprint density at radius 2 is 2.15 bits per heavy atom. The quantitative estimate of drug-likeness (QED) is 0.861. The number of hydrogen-bond acceptors (Lipinski definition) is 4. The van der Waals surface area contributed by atoms with Crippen molar-refractivity contribution in [3.8, 4) is 5.75 Å². The second-order valence-corrected chi connectivity index (χ2v) is 4.78. The van der Waals surface area contributed by atoms with Crippen LogP contribution in [0.5, 0.6) is 5.75 Å². The third-order valence-corrected chi connectivity index (χ3v) is 3.07. The Labute approximate surface area is 118 Å². The number of aromatic hydroxyl groups is 1. The summed E-state index contributed by atoms with van der Waals surface area (Å²) in [5.74, 6) is 0.218. The van der Waals surface area contributed by atoms with Crippen molar-refractivity contribution in [2.24, 2.45) is 0 Å². The number of nitrogens with zero attached hydrogens (tertiary/aromatic N) is 1. The number of hydrogen-bond donors (Lipinski definition) is 2. The predicted octanol–water partition coefficient (Wildman–Crippen LogP) is 0.949. The molecule has 0 saturated carbocycles. The van der Waals surface area contributed by atoms with Gasteiger partial charge < -0.3 is 24.8 Å². The van der Waals surface area contributed by atoms with E-state index in [1.54, 1.807) is 36.2 Å². The molecule has 20 heavy (non-hydrogen) atoms. The number of carbonyl (C=O) groups excluding carboxylic acids is 1. The van der Waals surface area contributed by atoms with Crippen LogP contribution in [0.1, 0.15) is 5.56 Å². The van der Waals surface area contributed by atoms with Crippen molar-refractivity contribution >= 4 is 6.03 Å². The fraction of sp³-hybridized carbons (Fsp3) is 0.500. The van der Waals surface area contributed by atoms with Crippen molar-refractivity contribution in [3.05, 3.63) is 29.8 Å². The van der Waals surface area contributed by atoms with Crippen LogP contribution in [0, 0.1) is 0 Å². The van der Waals surface area contributed by atoms with E-state index in [0.29, 0.717) is 32.9 Å². The molecule has 2 rings (SSSR count). The van der Waals surface area contributed by atoms with Crippen molar-refractivity contribution in [1.29, 1.82) is 0 Å². The average molecular weight is 280 g/mol. The largest absolute Gasteiger partial charge is 0.508 e. The second kappa shape index (κ2) is 7.12. The molecule has 1 saturated heterocycles. The number of benzene rings is 1. The fourth-order valence-corrected chi connectivity index (χ4v) is 1.94. The Bertz CT molecular complexity index is 429. The van der Waals surface area contributed by atoms with Gasteiger partial charge in [-0.3, -0.25) is 0 Å². The molecule has 110 valence electrons. The molecular formula is C14H20N2O4. The van der Waals surface area contributed by atoms with Crippen molar-refractivity contribution < 1.29 is 19.4 Å². The number of amides is 2. The zero-order chi connectivity index (χ0) is 14.4. The van der Waals surface area contributed by atoms with Crippen LogP contribution in [0.15, 0.2) is 24.3 Å². The minimum Gasteiger partial charge on any atom is -0.508 e. The molecule has 1 heterocycles. The van der Waals surface area contributed by atoms with Gasteiger partial charge in [-0.2, -0.15) is 0 Å². The van der Waals surface area contributed by atoms with Crippen LogP contribution in [0.3, 0.4) is 0 Å². The molecule has 0 radical (unpaired) electrons. The van der Waals surface area contributed by atoms with Gasteiger partial charge in [0.25, 0.3) is 0 Å². The third kappa shape index (κ3) is 4.40. The molecule has 0 aliphatic carbocycles. The number of ether oxygens (including phenoxy) is 2. The Hall–Kier alpha value is -1.79. The first-order chi connectivity index (χ1) is 9.65. The minimum atomic E-state index is -0.160. The molecule has 0 aromatic heterocycles. The lowest BCUT2D eigenvalue weighted by Gasteiger charge is -2.24. The molecule has 6 heteroatoms.